The number of carbonyl (C=O) groups is 4. The molecule has 218 valence electrons. The minimum absolute atomic E-state index is 0.129. The second kappa shape index (κ2) is 13.7. The van der Waals surface area contributed by atoms with Crippen LogP contribution in [-0.4, -0.2) is 105 Å². The topological polar surface area (TPSA) is 122 Å². The van der Waals surface area contributed by atoms with Crippen LogP contribution in [0.15, 0.2) is 0 Å². The number of likely N-dealkylation sites (N-methyl/N-ethyl adjacent to an activating group) is 2. The Morgan fingerprint density at radius 2 is 0.974 bits per heavy atom. The van der Waals surface area contributed by atoms with Crippen LogP contribution >= 0.6 is 0 Å². The number of urea groups is 2. The van der Waals surface area contributed by atoms with E-state index in [4.69, 9.17) is 0 Å². The van der Waals surface area contributed by atoms with Gasteiger partial charge in [-0.25, -0.2) is 9.59 Å². The number of rotatable bonds is 17. The van der Waals surface area contributed by atoms with Gasteiger partial charge in [-0.3, -0.25) is 19.4 Å². The molecule has 10 nitrogen and oxygen atoms in total. The third-order valence-electron chi connectivity index (χ3n) is 8.19. The molecule has 2 fully saturated rings. The van der Waals surface area contributed by atoms with E-state index in [1.165, 1.54) is 9.80 Å². The van der Waals surface area contributed by atoms with Gasteiger partial charge in [0.15, 0.2) is 0 Å². The molecule has 0 aliphatic carbocycles. The average Bonchev–Trinajstić information content (AvgIpc) is 3.30. The van der Waals surface area contributed by atoms with Crippen molar-refractivity contribution in [3.05, 3.63) is 0 Å². The molecule has 38 heavy (non-hydrogen) atoms. The summed E-state index contributed by atoms with van der Waals surface area (Å²) < 4.78 is 0. The third kappa shape index (κ3) is 9.22. The molecule has 0 radical (unpaired) electrons. The molecule has 2 heterocycles. The van der Waals surface area contributed by atoms with Gasteiger partial charge in [-0.05, 0) is 76.0 Å². The van der Waals surface area contributed by atoms with Gasteiger partial charge in [-0.15, -0.1) is 0 Å². The fraction of sp³-hybridized carbons (Fsp3) is 0.857. The first-order valence-corrected chi connectivity index (χ1v) is 14.2. The Balaban J connectivity index is 1.65. The lowest BCUT2D eigenvalue weighted by atomic mass is 9.82. The monoisotopic (exact) mass is 538 g/mol. The van der Waals surface area contributed by atoms with E-state index in [1.807, 2.05) is 13.8 Å². The van der Waals surface area contributed by atoms with Gasteiger partial charge in [0.05, 0.1) is 12.2 Å². The lowest BCUT2D eigenvalue weighted by Crippen LogP contribution is -2.35. The molecule has 0 spiro atoms. The molecule has 2 aliphatic heterocycles. The number of carbonyl (C=O) groups excluding carboxylic acids is 4. The molecule has 2 saturated heterocycles. The van der Waals surface area contributed by atoms with E-state index < -0.39 is 12.2 Å². The van der Waals surface area contributed by atoms with Crippen LogP contribution in [0.4, 0.5) is 9.59 Å². The zero-order valence-electron chi connectivity index (χ0n) is 24.4. The zero-order valence-corrected chi connectivity index (χ0v) is 24.4. The van der Waals surface area contributed by atoms with Crippen LogP contribution in [0.25, 0.3) is 0 Å². The summed E-state index contributed by atoms with van der Waals surface area (Å²) in [6, 6.07) is -0.432. The van der Waals surface area contributed by atoms with Gasteiger partial charge >= 0.3 is 12.1 Å². The fourth-order valence-electron chi connectivity index (χ4n) is 4.99. The van der Waals surface area contributed by atoms with E-state index in [9.17, 15) is 29.4 Å². The smallest absolute Gasteiger partial charge is 0.327 e. The molecule has 2 atom stereocenters. The molecule has 0 aromatic heterocycles. The Hall–Kier alpha value is -2.20. The highest BCUT2D eigenvalue weighted by atomic mass is 16.3. The van der Waals surface area contributed by atoms with Gasteiger partial charge < -0.3 is 20.0 Å². The number of hydrogen-bond acceptors (Lipinski definition) is 6. The lowest BCUT2D eigenvalue weighted by Gasteiger charge is -2.29. The molecule has 2 aliphatic rings. The summed E-state index contributed by atoms with van der Waals surface area (Å²) in [6.45, 7) is 14.2. The predicted molar refractivity (Wildman–Crippen MR) is 145 cm³/mol. The Morgan fingerprint density at radius 3 is 1.26 bits per heavy atom. The minimum Gasteiger partial charge on any atom is -0.393 e. The van der Waals surface area contributed by atoms with Gasteiger partial charge in [0, 0.05) is 26.2 Å². The lowest BCUT2D eigenvalue weighted by molar-refractivity contribution is -0.126. The van der Waals surface area contributed by atoms with Crippen molar-refractivity contribution >= 4 is 23.9 Å². The molecule has 2 rings (SSSR count). The van der Waals surface area contributed by atoms with Crippen LogP contribution in [0.2, 0.25) is 0 Å². The van der Waals surface area contributed by atoms with Crippen LogP contribution < -0.4 is 0 Å². The van der Waals surface area contributed by atoms with E-state index in [1.54, 1.807) is 9.80 Å². The molecule has 0 aromatic carbocycles. The van der Waals surface area contributed by atoms with Gasteiger partial charge in [-0.1, -0.05) is 27.7 Å². The van der Waals surface area contributed by atoms with Gasteiger partial charge in [0.2, 0.25) is 11.8 Å². The summed E-state index contributed by atoms with van der Waals surface area (Å²) in [5, 5.41) is 21.0. The van der Waals surface area contributed by atoms with Crippen LogP contribution in [0.5, 0.6) is 0 Å². The Bertz CT molecular complexity index is 777. The van der Waals surface area contributed by atoms with Crippen LogP contribution in [0.3, 0.4) is 0 Å². The molecular weight excluding hydrogens is 488 g/mol. The highest BCUT2D eigenvalue weighted by Gasteiger charge is 2.37. The van der Waals surface area contributed by atoms with Gasteiger partial charge in [0.25, 0.3) is 0 Å². The van der Waals surface area contributed by atoms with Crippen molar-refractivity contribution in [3.63, 3.8) is 0 Å². The summed E-state index contributed by atoms with van der Waals surface area (Å²) in [5.74, 6) is -0.294. The molecule has 6 amide bonds. The van der Waals surface area contributed by atoms with Crippen molar-refractivity contribution in [2.45, 2.75) is 105 Å². The van der Waals surface area contributed by atoms with Gasteiger partial charge in [-0.2, -0.15) is 0 Å². The predicted octanol–water partition coefficient (Wildman–Crippen LogP) is 3.45. The first-order chi connectivity index (χ1) is 17.7. The number of hydrogen-bond donors (Lipinski definition) is 2. The third-order valence-corrected chi connectivity index (χ3v) is 8.19. The van der Waals surface area contributed by atoms with Crippen molar-refractivity contribution in [1.82, 2.24) is 19.6 Å². The highest BCUT2D eigenvalue weighted by molar-refractivity contribution is 6.02. The van der Waals surface area contributed by atoms with E-state index in [0.29, 0.717) is 64.7 Å². The summed E-state index contributed by atoms with van der Waals surface area (Å²) >= 11 is 0. The molecule has 10 heteroatoms. The average molecular weight is 539 g/mol. The van der Waals surface area contributed by atoms with Crippen molar-refractivity contribution < 1.29 is 29.4 Å². The van der Waals surface area contributed by atoms with E-state index in [-0.39, 0.29) is 47.8 Å². The number of amides is 6. The zero-order chi connectivity index (χ0) is 28.7. The largest absolute Gasteiger partial charge is 0.393 e. The Morgan fingerprint density at radius 1 is 0.632 bits per heavy atom. The van der Waals surface area contributed by atoms with E-state index in [0.717, 1.165) is 12.8 Å². The number of aliphatic hydroxyl groups is 2. The van der Waals surface area contributed by atoms with E-state index in [2.05, 4.69) is 27.7 Å². The molecule has 0 bridgehead atoms. The second-order valence-corrected chi connectivity index (χ2v) is 12.5. The summed E-state index contributed by atoms with van der Waals surface area (Å²) in [7, 11) is 0. The van der Waals surface area contributed by atoms with Crippen LogP contribution in [-0.2, 0) is 9.59 Å². The number of nitrogens with zero attached hydrogens (tertiary/aromatic N) is 4. The molecule has 0 saturated carbocycles. The molecular formula is C28H50N4O6. The normalized spacial score (nSPS) is 18.8. The minimum atomic E-state index is -0.517. The number of imide groups is 2. The molecule has 2 unspecified atom stereocenters. The summed E-state index contributed by atoms with van der Waals surface area (Å²) in [6.07, 6.45) is 4.05. The molecule has 2 N–H and O–H groups in total. The maximum Gasteiger partial charge on any atom is 0.327 e. The van der Waals surface area contributed by atoms with Crippen LogP contribution in [0.1, 0.15) is 92.9 Å². The van der Waals surface area contributed by atoms with Crippen molar-refractivity contribution in [2.24, 2.45) is 10.8 Å². The standard InChI is InChI=1S/C28H50N4O6/c1-7-29-19-23(35)31(25(29)37)17-15-27(3,4)13-11-21(33)9-10-22(34)12-14-28(5,6)16-18-32-24(36)20-30(8-2)26(32)38/h21-22,33-34H,7-20H2,1-6H3. The second-order valence-electron chi connectivity index (χ2n) is 12.5. The summed E-state index contributed by atoms with van der Waals surface area (Å²) in [5.41, 5.74) is -0.258. The van der Waals surface area contributed by atoms with Crippen LogP contribution in [0, 0.1) is 10.8 Å². The van der Waals surface area contributed by atoms with E-state index >= 15 is 0 Å². The number of aliphatic hydroxyl groups excluding tert-OH is 2. The maximum absolute atomic E-state index is 12.3. The Kier molecular flexibility index (Phi) is 11.6. The Labute approximate surface area is 228 Å². The van der Waals surface area contributed by atoms with Gasteiger partial charge in [0.1, 0.15) is 13.1 Å². The van der Waals surface area contributed by atoms with Crippen molar-refractivity contribution in [2.75, 3.05) is 39.3 Å². The fourth-order valence-corrected chi connectivity index (χ4v) is 4.99. The first kappa shape index (κ1) is 32.0. The SMILES string of the molecule is CCN1CC(=O)N(CCC(C)(C)CCC(O)CCC(O)CCC(C)(C)CCN2C(=O)CN(CC)C2=O)C1=O. The summed E-state index contributed by atoms with van der Waals surface area (Å²) in [4.78, 5) is 54.5. The highest BCUT2D eigenvalue weighted by Crippen LogP contribution is 2.31. The molecule has 0 aromatic rings. The van der Waals surface area contributed by atoms with Crippen molar-refractivity contribution in [3.8, 4) is 0 Å². The maximum atomic E-state index is 12.3. The quantitative estimate of drug-likeness (QED) is 0.274. The van der Waals surface area contributed by atoms with Crippen molar-refractivity contribution in [1.29, 1.82) is 0 Å². The first-order valence-electron chi connectivity index (χ1n) is 14.2.